The topological polar surface area (TPSA) is 29.5 Å². The zero-order valence-corrected chi connectivity index (χ0v) is 13.2. The number of rotatable bonds is 2. The molecule has 1 N–H and O–H groups in total. The Morgan fingerprint density at radius 3 is 2.25 bits per heavy atom. The van der Waals surface area contributed by atoms with Crippen LogP contribution < -0.4 is 4.74 Å². The molecule has 2 rings (SSSR count). The average molecular weight is 415 g/mol. The molecule has 1 aromatic rings. The van der Waals surface area contributed by atoms with Crippen molar-refractivity contribution in [1.82, 2.24) is 0 Å². The van der Waals surface area contributed by atoms with E-state index in [9.17, 15) is 5.11 Å². The lowest BCUT2D eigenvalue weighted by Crippen LogP contribution is -2.25. The molecule has 2 atom stereocenters. The van der Waals surface area contributed by atoms with Gasteiger partial charge in [0, 0.05) is 4.47 Å². The molecule has 1 aliphatic carbocycles. The van der Waals surface area contributed by atoms with Crippen LogP contribution in [0.5, 0.6) is 5.75 Å². The summed E-state index contributed by atoms with van der Waals surface area (Å²) in [7, 11) is 0. The Hall–Kier alpha value is 0.420. The van der Waals surface area contributed by atoms with E-state index in [0.717, 1.165) is 38.4 Å². The molecule has 0 amide bonds. The molecule has 16 heavy (non-hydrogen) atoms. The van der Waals surface area contributed by atoms with Gasteiger partial charge in [-0.3, -0.25) is 0 Å². The fraction of sp³-hybridized carbons (Fsp3) is 0.455. The molecule has 2 nitrogen and oxygen atoms in total. The molecular weight excluding hydrogens is 404 g/mol. The standard InChI is InChI=1S/C11H11Br3O2/c12-6-4-7(13)11(8(14)5-6)16-10-3-1-2-9(10)15/h4-5,9-10,15H,1-3H2/t9-,10-/m0/s1. The van der Waals surface area contributed by atoms with Crippen molar-refractivity contribution in [3.63, 3.8) is 0 Å². The van der Waals surface area contributed by atoms with E-state index in [1.807, 2.05) is 12.1 Å². The summed E-state index contributed by atoms with van der Waals surface area (Å²) in [6.07, 6.45) is 2.33. The van der Waals surface area contributed by atoms with Gasteiger partial charge in [0.15, 0.2) is 0 Å². The van der Waals surface area contributed by atoms with Crippen LogP contribution in [0.4, 0.5) is 0 Å². The lowest BCUT2D eigenvalue weighted by Gasteiger charge is -2.19. The summed E-state index contributed by atoms with van der Waals surface area (Å²) in [6, 6.07) is 3.86. The minimum atomic E-state index is -0.345. The smallest absolute Gasteiger partial charge is 0.148 e. The molecule has 0 saturated heterocycles. The first kappa shape index (κ1) is 12.9. The van der Waals surface area contributed by atoms with Gasteiger partial charge in [0.25, 0.3) is 0 Å². The van der Waals surface area contributed by atoms with Crippen LogP contribution >= 0.6 is 47.8 Å². The highest BCUT2D eigenvalue weighted by atomic mass is 79.9. The number of hydrogen-bond acceptors (Lipinski definition) is 2. The van der Waals surface area contributed by atoms with Crippen LogP contribution in [-0.4, -0.2) is 17.3 Å². The van der Waals surface area contributed by atoms with E-state index in [1.54, 1.807) is 0 Å². The summed E-state index contributed by atoms with van der Waals surface area (Å²) in [4.78, 5) is 0. The summed E-state index contributed by atoms with van der Waals surface area (Å²) in [5.74, 6) is 0.758. The van der Waals surface area contributed by atoms with Crippen LogP contribution in [0.25, 0.3) is 0 Å². The Balaban J connectivity index is 2.21. The van der Waals surface area contributed by atoms with E-state index in [4.69, 9.17) is 4.74 Å². The van der Waals surface area contributed by atoms with Crippen molar-refractivity contribution in [3.8, 4) is 5.75 Å². The molecule has 0 bridgehead atoms. The summed E-state index contributed by atoms with van der Waals surface area (Å²) < 4.78 is 8.58. The van der Waals surface area contributed by atoms with Gasteiger partial charge in [-0.05, 0) is 63.3 Å². The fourth-order valence-electron chi connectivity index (χ4n) is 1.84. The van der Waals surface area contributed by atoms with Crippen molar-refractivity contribution >= 4 is 47.8 Å². The largest absolute Gasteiger partial charge is 0.485 e. The van der Waals surface area contributed by atoms with E-state index in [-0.39, 0.29) is 12.2 Å². The minimum absolute atomic E-state index is 0.0891. The van der Waals surface area contributed by atoms with Crippen molar-refractivity contribution < 1.29 is 9.84 Å². The van der Waals surface area contributed by atoms with Gasteiger partial charge in [0.05, 0.1) is 15.0 Å². The van der Waals surface area contributed by atoms with E-state index in [2.05, 4.69) is 47.8 Å². The maximum absolute atomic E-state index is 9.72. The molecule has 0 aromatic heterocycles. The predicted octanol–water partition coefficient (Wildman–Crippen LogP) is 4.27. The third-order valence-electron chi connectivity index (χ3n) is 2.65. The maximum Gasteiger partial charge on any atom is 0.148 e. The SMILES string of the molecule is O[C@H]1CCC[C@@H]1Oc1c(Br)cc(Br)cc1Br. The lowest BCUT2D eigenvalue weighted by atomic mass is 10.2. The van der Waals surface area contributed by atoms with Gasteiger partial charge in [-0.15, -0.1) is 0 Å². The van der Waals surface area contributed by atoms with Crippen molar-refractivity contribution in [2.24, 2.45) is 0 Å². The minimum Gasteiger partial charge on any atom is -0.485 e. The first-order valence-corrected chi connectivity index (χ1v) is 7.45. The van der Waals surface area contributed by atoms with Crippen molar-refractivity contribution in [2.75, 3.05) is 0 Å². The Morgan fingerprint density at radius 2 is 1.75 bits per heavy atom. The van der Waals surface area contributed by atoms with Gasteiger partial charge < -0.3 is 9.84 Å². The Labute approximate surface area is 120 Å². The number of halogens is 3. The molecule has 1 saturated carbocycles. The fourth-order valence-corrected chi connectivity index (χ4v) is 4.28. The Bertz CT molecular complexity index is 372. The third kappa shape index (κ3) is 2.81. The van der Waals surface area contributed by atoms with Crippen LogP contribution in [0.2, 0.25) is 0 Å². The molecule has 5 heteroatoms. The van der Waals surface area contributed by atoms with Gasteiger partial charge in [0.2, 0.25) is 0 Å². The first-order chi connectivity index (χ1) is 7.58. The molecule has 0 aliphatic heterocycles. The average Bonchev–Trinajstić information content (AvgIpc) is 2.57. The molecule has 1 aliphatic rings. The van der Waals surface area contributed by atoms with Crippen LogP contribution in [-0.2, 0) is 0 Å². The van der Waals surface area contributed by atoms with Gasteiger partial charge in [-0.25, -0.2) is 0 Å². The number of benzene rings is 1. The zero-order chi connectivity index (χ0) is 11.7. The second kappa shape index (κ2) is 5.38. The highest BCUT2D eigenvalue weighted by Crippen LogP contribution is 2.38. The number of ether oxygens (including phenoxy) is 1. The molecule has 0 spiro atoms. The van der Waals surface area contributed by atoms with Crippen LogP contribution in [0, 0.1) is 0 Å². The number of hydrogen-bond donors (Lipinski definition) is 1. The molecular formula is C11H11Br3O2. The van der Waals surface area contributed by atoms with E-state index in [1.165, 1.54) is 0 Å². The lowest BCUT2D eigenvalue weighted by molar-refractivity contribution is 0.0594. The van der Waals surface area contributed by atoms with Gasteiger partial charge >= 0.3 is 0 Å². The van der Waals surface area contributed by atoms with Gasteiger partial charge in [-0.2, -0.15) is 0 Å². The summed E-state index contributed by atoms with van der Waals surface area (Å²) in [5, 5.41) is 9.72. The van der Waals surface area contributed by atoms with Crippen LogP contribution in [0.1, 0.15) is 19.3 Å². The van der Waals surface area contributed by atoms with Crippen molar-refractivity contribution in [1.29, 1.82) is 0 Å². The van der Waals surface area contributed by atoms with E-state index < -0.39 is 0 Å². The second-order valence-corrected chi connectivity index (χ2v) is 6.48. The second-order valence-electron chi connectivity index (χ2n) is 3.85. The summed E-state index contributed by atoms with van der Waals surface area (Å²) in [6.45, 7) is 0. The molecule has 1 fully saturated rings. The molecule has 1 aromatic carbocycles. The highest BCUT2D eigenvalue weighted by Gasteiger charge is 2.28. The number of aliphatic hydroxyl groups excluding tert-OH is 1. The van der Waals surface area contributed by atoms with Crippen LogP contribution in [0.15, 0.2) is 25.6 Å². The normalized spacial score (nSPS) is 24.8. The Kier molecular flexibility index (Phi) is 4.32. The van der Waals surface area contributed by atoms with Crippen LogP contribution in [0.3, 0.4) is 0 Å². The quantitative estimate of drug-likeness (QED) is 0.783. The highest BCUT2D eigenvalue weighted by molar-refractivity contribution is 9.11. The molecule has 0 radical (unpaired) electrons. The maximum atomic E-state index is 9.72. The van der Waals surface area contributed by atoms with E-state index in [0.29, 0.717) is 0 Å². The molecule has 88 valence electrons. The van der Waals surface area contributed by atoms with Gasteiger partial charge in [-0.1, -0.05) is 15.9 Å². The summed E-state index contributed by atoms with van der Waals surface area (Å²) >= 11 is 10.3. The number of aliphatic hydroxyl groups is 1. The van der Waals surface area contributed by atoms with E-state index >= 15 is 0 Å². The van der Waals surface area contributed by atoms with Crippen molar-refractivity contribution in [2.45, 2.75) is 31.5 Å². The third-order valence-corrected chi connectivity index (χ3v) is 4.29. The summed E-state index contributed by atoms with van der Waals surface area (Å²) in [5.41, 5.74) is 0. The predicted molar refractivity (Wildman–Crippen MR) is 73.8 cm³/mol. The first-order valence-electron chi connectivity index (χ1n) is 5.07. The monoisotopic (exact) mass is 412 g/mol. The van der Waals surface area contributed by atoms with Crippen molar-refractivity contribution in [3.05, 3.63) is 25.6 Å². The molecule has 0 heterocycles. The zero-order valence-electron chi connectivity index (χ0n) is 8.42. The molecule has 0 unspecified atom stereocenters. The van der Waals surface area contributed by atoms with Gasteiger partial charge in [0.1, 0.15) is 11.9 Å². The Morgan fingerprint density at radius 1 is 1.12 bits per heavy atom.